The molecule has 2 N–H and O–H groups in total. The summed E-state index contributed by atoms with van der Waals surface area (Å²) >= 11 is 0. The third-order valence-corrected chi connectivity index (χ3v) is 3.61. The van der Waals surface area contributed by atoms with Crippen molar-refractivity contribution >= 4 is 23.1 Å². The van der Waals surface area contributed by atoms with Gasteiger partial charge in [0.05, 0.1) is 11.9 Å². The second-order valence-electron chi connectivity index (χ2n) is 5.37. The van der Waals surface area contributed by atoms with Crippen LogP contribution in [0.25, 0.3) is 0 Å². The Balaban J connectivity index is 1.61. The molecule has 1 aliphatic carbocycles. The van der Waals surface area contributed by atoms with Crippen molar-refractivity contribution in [1.29, 1.82) is 0 Å². The molecule has 21 heavy (non-hydrogen) atoms. The van der Waals surface area contributed by atoms with Gasteiger partial charge in [0.25, 0.3) is 0 Å². The fraction of sp³-hybridized carbons (Fsp3) is 0.294. The predicted molar refractivity (Wildman–Crippen MR) is 84.7 cm³/mol. The lowest BCUT2D eigenvalue weighted by molar-refractivity contribution is -0.117. The minimum absolute atomic E-state index is 0.0818. The molecule has 1 heterocycles. The molecule has 0 atom stereocenters. The van der Waals surface area contributed by atoms with Gasteiger partial charge < -0.3 is 10.6 Å². The van der Waals surface area contributed by atoms with Crippen LogP contribution in [0.3, 0.4) is 0 Å². The topological polar surface area (TPSA) is 54.0 Å². The van der Waals surface area contributed by atoms with Gasteiger partial charge in [-0.15, -0.1) is 0 Å². The van der Waals surface area contributed by atoms with Gasteiger partial charge in [0, 0.05) is 11.6 Å². The van der Waals surface area contributed by atoms with Gasteiger partial charge in [0.2, 0.25) is 5.91 Å². The minimum Gasteiger partial charge on any atom is -0.354 e. The highest BCUT2D eigenvalue weighted by atomic mass is 16.2. The summed E-state index contributed by atoms with van der Waals surface area (Å²) < 4.78 is 0. The van der Waals surface area contributed by atoms with Crippen LogP contribution in [0.15, 0.2) is 42.6 Å². The number of aromatic nitrogens is 1. The normalized spacial score (nSPS) is 13.8. The highest BCUT2D eigenvalue weighted by molar-refractivity contribution is 5.93. The number of carbonyl (C=O) groups is 1. The third kappa shape index (κ3) is 3.60. The summed E-state index contributed by atoms with van der Waals surface area (Å²) in [7, 11) is 0. The molecule has 0 spiro atoms. The zero-order valence-electron chi connectivity index (χ0n) is 12.1. The average molecular weight is 281 g/mol. The number of anilines is 3. The summed E-state index contributed by atoms with van der Waals surface area (Å²) in [6.45, 7) is 2.14. The van der Waals surface area contributed by atoms with Crippen LogP contribution in [-0.4, -0.2) is 10.9 Å². The first-order valence-electron chi connectivity index (χ1n) is 7.37. The summed E-state index contributed by atoms with van der Waals surface area (Å²) in [5.74, 6) is 0.888. The highest BCUT2D eigenvalue weighted by Gasteiger charge is 2.29. The van der Waals surface area contributed by atoms with Crippen LogP contribution in [0.5, 0.6) is 0 Å². The Kier molecular flexibility index (Phi) is 3.86. The van der Waals surface area contributed by atoms with Crippen LogP contribution in [0.1, 0.15) is 25.3 Å². The molecule has 1 aliphatic rings. The fourth-order valence-electron chi connectivity index (χ4n) is 2.11. The number of rotatable bonds is 5. The first-order valence-corrected chi connectivity index (χ1v) is 7.37. The van der Waals surface area contributed by atoms with Gasteiger partial charge in [0.15, 0.2) is 0 Å². The maximum Gasteiger partial charge on any atom is 0.228 e. The number of hydrogen-bond donors (Lipinski definition) is 2. The number of benzene rings is 1. The monoisotopic (exact) mass is 281 g/mol. The van der Waals surface area contributed by atoms with E-state index in [4.69, 9.17) is 0 Å². The molecule has 4 nitrogen and oxygen atoms in total. The van der Waals surface area contributed by atoms with E-state index in [1.54, 1.807) is 6.20 Å². The van der Waals surface area contributed by atoms with Crippen molar-refractivity contribution in [2.45, 2.75) is 26.2 Å². The van der Waals surface area contributed by atoms with Crippen LogP contribution >= 0.6 is 0 Å². The number of hydrogen-bond acceptors (Lipinski definition) is 3. The molecular weight excluding hydrogens is 262 g/mol. The van der Waals surface area contributed by atoms with Gasteiger partial charge in [-0.3, -0.25) is 4.79 Å². The number of nitrogens with one attached hydrogen (secondary N) is 2. The molecule has 1 aromatic heterocycles. The van der Waals surface area contributed by atoms with Gasteiger partial charge in [-0.25, -0.2) is 4.98 Å². The van der Waals surface area contributed by atoms with Gasteiger partial charge in [-0.2, -0.15) is 0 Å². The molecule has 108 valence electrons. The standard InChI is InChI=1S/C17H19N3O/c1-2-12-3-7-14(8-4-12)19-15-9-10-16(18-11-15)20-17(21)13-5-6-13/h3-4,7-11,13,19H,2,5-6H2,1H3,(H,18,20,21). The molecule has 0 aliphatic heterocycles. The lowest BCUT2D eigenvalue weighted by Gasteiger charge is -2.08. The maximum atomic E-state index is 11.6. The van der Waals surface area contributed by atoms with Crippen molar-refractivity contribution in [2.24, 2.45) is 5.92 Å². The number of pyridine rings is 1. The quantitative estimate of drug-likeness (QED) is 0.878. The molecule has 0 bridgehead atoms. The van der Waals surface area contributed by atoms with E-state index >= 15 is 0 Å². The second-order valence-corrected chi connectivity index (χ2v) is 5.37. The van der Waals surface area contributed by atoms with Crippen LogP contribution in [0.2, 0.25) is 0 Å². The molecule has 0 saturated heterocycles. The Morgan fingerprint density at radius 1 is 1.14 bits per heavy atom. The Hall–Kier alpha value is -2.36. The van der Waals surface area contributed by atoms with Crippen LogP contribution < -0.4 is 10.6 Å². The Morgan fingerprint density at radius 3 is 2.43 bits per heavy atom. The minimum atomic E-state index is 0.0818. The SMILES string of the molecule is CCc1ccc(Nc2ccc(NC(=O)C3CC3)nc2)cc1. The summed E-state index contributed by atoms with van der Waals surface area (Å²) in [6, 6.07) is 12.1. The Bertz CT molecular complexity index is 615. The zero-order valence-corrected chi connectivity index (χ0v) is 12.1. The van der Waals surface area contributed by atoms with E-state index in [9.17, 15) is 4.79 Å². The largest absolute Gasteiger partial charge is 0.354 e. The highest BCUT2D eigenvalue weighted by Crippen LogP contribution is 2.30. The van der Waals surface area contributed by atoms with Crippen molar-refractivity contribution in [3.8, 4) is 0 Å². The summed E-state index contributed by atoms with van der Waals surface area (Å²) in [5.41, 5.74) is 3.25. The predicted octanol–water partition coefficient (Wildman–Crippen LogP) is 3.74. The molecule has 1 amide bonds. The van der Waals surface area contributed by atoms with E-state index in [0.29, 0.717) is 5.82 Å². The number of amides is 1. The molecule has 3 rings (SSSR count). The van der Waals surface area contributed by atoms with Gasteiger partial charge in [-0.1, -0.05) is 19.1 Å². The summed E-state index contributed by atoms with van der Waals surface area (Å²) in [5, 5.41) is 6.13. The lowest BCUT2D eigenvalue weighted by atomic mass is 10.1. The molecule has 1 saturated carbocycles. The fourth-order valence-corrected chi connectivity index (χ4v) is 2.11. The lowest BCUT2D eigenvalue weighted by Crippen LogP contribution is -2.14. The van der Waals surface area contributed by atoms with E-state index < -0.39 is 0 Å². The smallest absolute Gasteiger partial charge is 0.228 e. The molecule has 0 unspecified atom stereocenters. The second kappa shape index (κ2) is 5.95. The van der Waals surface area contributed by atoms with Crippen molar-refractivity contribution in [2.75, 3.05) is 10.6 Å². The molecule has 1 aromatic carbocycles. The van der Waals surface area contributed by atoms with Gasteiger partial charge in [0.1, 0.15) is 5.82 Å². The first-order chi connectivity index (χ1) is 10.2. The van der Waals surface area contributed by atoms with E-state index in [-0.39, 0.29) is 11.8 Å². The third-order valence-electron chi connectivity index (χ3n) is 3.61. The first kappa shape index (κ1) is 13.6. The molecule has 2 aromatic rings. The Morgan fingerprint density at radius 2 is 1.86 bits per heavy atom. The molecular formula is C17H19N3O. The van der Waals surface area contributed by atoms with Crippen molar-refractivity contribution in [1.82, 2.24) is 4.98 Å². The number of aryl methyl sites for hydroxylation is 1. The van der Waals surface area contributed by atoms with Crippen LogP contribution in [0.4, 0.5) is 17.2 Å². The summed E-state index contributed by atoms with van der Waals surface area (Å²) in [4.78, 5) is 15.9. The van der Waals surface area contributed by atoms with Crippen molar-refractivity contribution in [3.05, 3.63) is 48.2 Å². The Labute approximate surface area is 124 Å². The number of nitrogens with zero attached hydrogens (tertiary/aromatic N) is 1. The van der Waals surface area contributed by atoms with Crippen molar-refractivity contribution in [3.63, 3.8) is 0 Å². The van der Waals surface area contributed by atoms with E-state index in [2.05, 4.69) is 46.8 Å². The summed E-state index contributed by atoms with van der Waals surface area (Å²) in [6.07, 6.45) is 4.77. The van der Waals surface area contributed by atoms with E-state index in [1.807, 2.05) is 12.1 Å². The molecule has 4 heteroatoms. The van der Waals surface area contributed by atoms with Gasteiger partial charge >= 0.3 is 0 Å². The maximum absolute atomic E-state index is 11.6. The number of carbonyl (C=O) groups excluding carboxylic acids is 1. The van der Waals surface area contributed by atoms with Gasteiger partial charge in [-0.05, 0) is 49.1 Å². The molecule has 0 radical (unpaired) electrons. The average Bonchev–Trinajstić information content (AvgIpc) is 3.35. The van der Waals surface area contributed by atoms with Crippen LogP contribution in [-0.2, 0) is 11.2 Å². The molecule has 1 fully saturated rings. The van der Waals surface area contributed by atoms with E-state index in [0.717, 1.165) is 30.6 Å². The zero-order chi connectivity index (χ0) is 14.7. The van der Waals surface area contributed by atoms with E-state index in [1.165, 1.54) is 5.56 Å². The van der Waals surface area contributed by atoms with Crippen LogP contribution in [0, 0.1) is 5.92 Å². The van der Waals surface area contributed by atoms with Crippen molar-refractivity contribution < 1.29 is 4.79 Å².